The molecular weight excluding hydrogens is 436 g/mol. The lowest BCUT2D eigenvalue weighted by atomic mass is 9.95. The second-order valence-electron chi connectivity index (χ2n) is 8.78. The summed E-state index contributed by atoms with van der Waals surface area (Å²) >= 11 is 6.85. The van der Waals surface area contributed by atoms with Crippen LogP contribution in [0.25, 0.3) is 16.5 Å². The van der Waals surface area contributed by atoms with Crippen LogP contribution in [0.15, 0.2) is 37.8 Å². The van der Waals surface area contributed by atoms with E-state index in [-0.39, 0.29) is 18.0 Å². The van der Waals surface area contributed by atoms with E-state index in [9.17, 15) is 4.79 Å². The van der Waals surface area contributed by atoms with Gasteiger partial charge in [0.05, 0.1) is 17.4 Å². The lowest BCUT2D eigenvalue weighted by molar-refractivity contribution is -0.130. The second-order valence-corrected chi connectivity index (χ2v) is 9.19. The van der Waals surface area contributed by atoms with Crippen molar-refractivity contribution in [2.75, 3.05) is 18.0 Å². The molecule has 1 aromatic carbocycles. The molecule has 0 N–H and O–H groups in total. The zero-order valence-electron chi connectivity index (χ0n) is 19.8. The number of fused-ring (bicyclic) bond motifs is 1. The molecule has 0 spiro atoms. The van der Waals surface area contributed by atoms with Gasteiger partial charge >= 0.3 is 0 Å². The predicted octanol–water partition coefficient (Wildman–Crippen LogP) is 4.31. The van der Waals surface area contributed by atoms with Crippen molar-refractivity contribution in [3.05, 3.63) is 65.2 Å². The van der Waals surface area contributed by atoms with Crippen molar-refractivity contribution >= 4 is 39.8 Å². The van der Waals surface area contributed by atoms with E-state index in [0.29, 0.717) is 18.1 Å². The molecule has 0 unspecified atom stereocenters. The lowest BCUT2D eigenvalue weighted by Gasteiger charge is -2.44. The second kappa shape index (κ2) is 8.63. The quantitative estimate of drug-likeness (QED) is 0.538. The number of benzene rings is 1. The molecule has 7 nitrogen and oxygen atoms in total. The summed E-state index contributed by atoms with van der Waals surface area (Å²) in [5.74, 6) is 0.776. The maximum atomic E-state index is 12.3. The number of aromatic nitrogens is 4. The summed E-state index contributed by atoms with van der Waals surface area (Å²) in [7, 11) is 1.90. The Bertz CT molecular complexity index is 1250. The molecular formula is C25H29ClN6O. The molecule has 4 rings (SSSR count). The average Bonchev–Trinajstić information content (AvgIpc) is 3.10. The van der Waals surface area contributed by atoms with Gasteiger partial charge in [0.15, 0.2) is 0 Å². The number of halogens is 1. The highest BCUT2D eigenvalue weighted by Gasteiger charge is 2.33. The van der Waals surface area contributed by atoms with Crippen LogP contribution in [0.2, 0.25) is 5.02 Å². The van der Waals surface area contributed by atoms with Crippen LogP contribution in [-0.4, -0.2) is 55.7 Å². The van der Waals surface area contributed by atoms with Gasteiger partial charge in [0.2, 0.25) is 5.91 Å². The van der Waals surface area contributed by atoms with E-state index in [2.05, 4.69) is 33.1 Å². The standard InChI is InChI=1S/C25H29ClN6O/c1-8-21(33)32-15(3)11-31(12-16(32)4)25-19-9-20(26)22(17(5)23(19)27-13-28-25)18(6)24-14(2)10-29-30(24)7/h8-10,13,15-16H,1,6,11-12H2,2-5,7H3/t15-,16+. The fraction of sp³-hybridized carbons (Fsp3) is 0.360. The number of aryl methyl sites for hydroxylation is 3. The highest BCUT2D eigenvalue weighted by molar-refractivity contribution is 6.34. The molecule has 0 aliphatic carbocycles. The lowest BCUT2D eigenvalue weighted by Crippen LogP contribution is -2.58. The third kappa shape index (κ3) is 3.80. The Labute approximate surface area is 199 Å². The first-order chi connectivity index (χ1) is 15.6. The number of amides is 1. The Morgan fingerprint density at radius 3 is 2.45 bits per heavy atom. The molecule has 2 aromatic heterocycles. The van der Waals surface area contributed by atoms with E-state index < -0.39 is 0 Å². The predicted molar refractivity (Wildman–Crippen MR) is 134 cm³/mol. The van der Waals surface area contributed by atoms with Crippen LogP contribution in [0.3, 0.4) is 0 Å². The van der Waals surface area contributed by atoms with E-state index in [1.54, 1.807) is 6.33 Å². The summed E-state index contributed by atoms with van der Waals surface area (Å²) in [5, 5.41) is 5.83. The molecule has 2 atom stereocenters. The van der Waals surface area contributed by atoms with E-state index in [1.807, 2.05) is 56.6 Å². The molecule has 1 fully saturated rings. The van der Waals surface area contributed by atoms with Crippen molar-refractivity contribution in [1.82, 2.24) is 24.6 Å². The van der Waals surface area contributed by atoms with Gasteiger partial charge in [-0.1, -0.05) is 24.8 Å². The van der Waals surface area contributed by atoms with Gasteiger partial charge in [0, 0.05) is 53.8 Å². The Morgan fingerprint density at radius 1 is 1.21 bits per heavy atom. The number of anilines is 1. The summed E-state index contributed by atoms with van der Waals surface area (Å²) in [6.45, 7) is 17.4. The first-order valence-electron chi connectivity index (χ1n) is 11.0. The van der Waals surface area contributed by atoms with Gasteiger partial charge in [-0.05, 0) is 51.0 Å². The number of hydrogen-bond acceptors (Lipinski definition) is 5. The van der Waals surface area contributed by atoms with Gasteiger partial charge in [-0.2, -0.15) is 5.10 Å². The third-order valence-corrected chi connectivity index (χ3v) is 6.76. The third-order valence-electron chi connectivity index (χ3n) is 6.46. The number of rotatable bonds is 4. The highest BCUT2D eigenvalue weighted by atomic mass is 35.5. The van der Waals surface area contributed by atoms with Gasteiger partial charge in [-0.25, -0.2) is 9.97 Å². The summed E-state index contributed by atoms with van der Waals surface area (Å²) in [6.07, 6.45) is 4.80. The largest absolute Gasteiger partial charge is 0.352 e. The topological polar surface area (TPSA) is 67.2 Å². The SMILES string of the molecule is C=CC(=O)N1[C@H](C)CN(c2ncnc3c(C)c(C(=C)c4c(C)cnn4C)c(Cl)cc23)C[C@@H]1C. The van der Waals surface area contributed by atoms with Crippen molar-refractivity contribution in [2.24, 2.45) is 7.05 Å². The Balaban J connectivity index is 1.79. The van der Waals surface area contributed by atoms with Gasteiger partial charge in [0.1, 0.15) is 12.1 Å². The van der Waals surface area contributed by atoms with Crippen LogP contribution in [0.5, 0.6) is 0 Å². The number of hydrogen-bond donors (Lipinski definition) is 0. The Morgan fingerprint density at radius 2 is 1.88 bits per heavy atom. The zero-order chi connectivity index (χ0) is 24.0. The van der Waals surface area contributed by atoms with Crippen LogP contribution in [0.4, 0.5) is 5.82 Å². The number of piperazine rings is 1. The van der Waals surface area contributed by atoms with Crippen molar-refractivity contribution in [3.63, 3.8) is 0 Å². The molecule has 3 heterocycles. The molecule has 8 heteroatoms. The molecule has 3 aromatic rings. The molecule has 0 saturated carbocycles. The summed E-state index contributed by atoms with van der Waals surface area (Å²) < 4.78 is 1.82. The zero-order valence-corrected chi connectivity index (χ0v) is 20.5. The van der Waals surface area contributed by atoms with Gasteiger partial charge in [-0.15, -0.1) is 0 Å². The van der Waals surface area contributed by atoms with Crippen molar-refractivity contribution in [1.29, 1.82) is 0 Å². The minimum Gasteiger partial charge on any atom is -0.352 e. The highest BCUT2D eigenvalue weighted by Crippen LogP contribution is 2.38. The molecule has 33 heavy (non-hydrogen) atoms. The summed E-state index contributed by atoms with van der Waals surface area (Å²) in [6, 6.07) is 1.97. The van der Waals surface area contributed by atoms with Crippen molar-refractivity contribution < 1.29 is 4.79 Å². The minimum absolute atomic E-state index is 0.0210. The monoisotopic (exact) mass is 464 g/mol. The Kier molecular flexibility index (Phi) is 6.01. The fourth-order valence-corrected chi connectivity index (χ4v) is 5.44. The molecule has 172 valence electrons. The van der Waals surface area contributed by atoms with Crippen molar-refractivity contribution in [3.8, 4) is 0 Å². The number of carbonyl (C=O) groups is 1. The first-order valence-corrected chi connectivity index (χ1v) is 11.3. The maximum Gasteiger partial charge on any atom is 0.246 e. The van der Waals surface area contributed by atoms with E-state index in [1.165, 1.54) is 6.08 Å². The number of carbonyl (C=O) groups excluding carboxylic acids is 1. The van der Waals surface area contributed by atoms with E-state index >= 15 is 0 Å². The van der Waals surface area contributed by atoms with Gasteiger partial charge in [-0.3, -0.25) is 9.48 Å². The van der Waals surface area contributed by atoms with E-state index in [0.717, 1.165) is 44.7 Å². The van der Waals surface area contributed by atoms with E-state index in [4.69, 9.17) is 11.6 Å². The molecule has 0 radical (unpaired) electrons. The van der Waals surface area contributed by atoms with Gasteiger partial charge in [0.25, 0.3) is 0 Å². The van der Waals surface area contributed by atoms with Crippen LogP contribution in [-0.2, 0) is 11.8 Å². The molecule has 1 aliphatic rings. The van der Waals surface area contributed by atoms with Crippen LogP contribution in [0.1, 0.15) is 36.2 Å². The Hall–Kier alpha value is -3.19. The molecule has 0 bridgehead atoms. The molecule has 1 aliphatic heterocycles. The maximum absolute atomic E-state index is 12.3. The van der Waals surface area contributed by atoms with Crippen LogP contribution >= 0.6 is 11.6 Å². The summed E-state index contributed by atoms with van der Waals surface area (Å²) in [4.78, 5) is 25.6. The first kappa shape index (κ1) is 23.0. The number of nitrogens with zero attached hydrogens (tertiary/aromatic N) is 6. The normalized spacial score (nSPS) is 18.6. The molecule has 1 amide bonds. The smallest absolute Gasteiger partial charge is 0.246 e. The van der Waals surface area contributed by atoms with Gasteiger partial charge < -0.3 is 9.80 Å². The minimum atomic E-state index is -0.0466. The molecule has 1 saturated heterocycles. The summed E-state index contributed by atoms with van der Waals surface area (Å²) in [5.41, 5.74) is 5.45. The van der Waals surface area contributed by atoms with Crippen LogP contribution < -0.4 is 4.90 Å². The average molecular weight is 465 g/mol. The fourth-order valence-electron chi connectivity index (χ4n) is 5.07. The van der Waals surface area contributed by atoms with Crippen LogP contribution in [0, 0.1) is 13.8 Å². The van der Waals surface area contributed by atoms with Crippen molar-refractivity contribution in [2.45, 2.75) is 39.8 Å².